The molecule has 1 heterocycles. The van der Waals surface area contributed by atoms with Gasteiger partial charge in [-0.2, -0.15) is 0 Å². The number of ether oxygens (including phenoxy) is 1. The molecule has 14 heavy (non-hydrogen) atoms. The second kappa shape index (κ2) is 3.59. The van der Waals surface area contributed by atoms with Crippen molar-refractivity contribution in [3.05, 3.63) is 29.3 Å². The molecule has 0 aliphatic carbocycles. The third-order valence-electron chi connectivity index (χ3n) is 2.78. The summed E-state index contributed by atoms with van der Waals surface area (Å²) in [6.07, 6.45) is 0.501. The number of rotatable bonds is 1. The molecule has 76 valence electrons. The maximum absolute atomic E-state index is 9.92. The first-order valence-electron chi connectivity index (χ1n) is 4.77. The summed E-state index contributed by atoms with van der Waals surface area (Å²) in [6.45, 7) is 0.903. The van der Waals surface area contributed by atoms with E-state index in [2.05, 4.69) is 0 Å². The van der Waals surface area contributed by atoms with Crippen LogP contribution in [0.25, 0.3) is 0 Å². The maximum atomic E-state index is 9.92. The van der Waals surface area contributed by atoms with Gasteiger partial charge in [-0.25, -0.2) is 0 Å². The molecule has 0 saturated heterocycles. The van der Waals surface area contributed by atoms with Gasteiger partial charge in [-0.3, -0.25) is 4.90 Å². The van der Waals surface area contributed by atoms with Gasteiger partial charge in [0.2, 0.25) is 0 Å². The zero-order chi connectivity index (χ0) is 10.1. The van der Waals surface area contributed by atoms with Crippen LogP contribution in [0.2, 0.25) is 0 Å². The Morgan fingerprint density at radius 3 is 3.00 bits per heavy atom. The molecular weight excluding hydrogens is 178 g/mol. The van der Waals surface area contributed by atoms with Crippen molar-refractivity contribution in [2.24, 2.45) is 0 Å². The molecule has 0 fully saturated rings. The van der Waals surface area contributed by atoms with Gasteiger partial charge in [-0.05, 0) is 31.2 Å². The predicted octanol–water partition coefficient (Wildman–Crippen LogP) is 1.17. The van der Waals surface area contributed by atoms with Crippen molar-refractivity contribution in [3.8, 4) is 5.75 Å². The molecule has 1 aromatic carbocycles. The summed E-state index contributed by atoms with van der Waals surface area (Å²) in [4.78, 5) is 1.93. The molecule has 3 nitrogen and oxygen atoms in total. The van der Waals surface area contributed by atoms with Crippen LogP contribution in [0.1, 0.15) is 17.4 Å². The summed E-state index contributed by atoms with van der Waals surface area (Å²) in [5.74, 6) is 0.804. The van der Waals surface area contributed by atoms with Crippen LogP contribution in [-0.4, -0.2) is 30.7 Å². The third-order valence-corrected chi connectivity index (χ3v) is 2.78. The highest BCUT2D eigenvalue weighted by atomic mass is 16.5. The molecule has 0 aromatic heterocycles. The minimum atomic E-state index is -0.492. The van der Waals surface area contributed by atoms with E-state index in [0.717, 1.165) is 24.3 Å². The van der Waals surface area contributed by atoms with Gasteiger partial charge >= 0.3 is 0 Å². The second-order valence-electron chi connectivity index (χ2n) is 3.67. The number of benzene rings is 1. The Hall–Kier alpha value is -1.06. The maximum Gasteiger partial charge on any atom is 0.133 e. The molecule has 0 radical (unpaired) electrons. The van der Waals surface area contributed by atoms with Crippen molar-refractivity contribution in [2.45, 2.75) is 12.6 Å². The van der Waals surface area contributed by atoms with Crippen molar-refractivity contribution in [3.63, 3.8) is 0 Å². The Kier molecular flexibility index (Phi) is 2.44. The first kappa shape index (κ1) is 9.49. The normalized spacial score (nSPS) is 21.8. The first-order valence-corrected chi connectivity index (χ1v) is 4.77. The number of hydrogen-bond acceptors (Lipinski definition) is 3. The van der Waals surface area contributed by atoms with Gasteiger partial charge in [0.25, 0.3) is 0 Å². The lowest BCUT2D eigenvalue weighted by Crippen LogP contribution is -2.31. The summed E-state index contributed by atoms with van der Waals surface area (Å²) in [5, 5.41) is 9.92. The van der Waals surface area contributed by atoms with E-state index in [4.69, 9.17) is 4.74 Å². The van der Waals surface area contributed by atoms with Crippen molar-refractivity contribution >= 4 is 0 Å². The number of nitrogens with zero attached hydrogens (tertiary/aromatic N) is 1. The van der Waals surface area contributed by atoms with E-state index in [9.17, 15) is 5.11 Å². The lowest BCUT2D eigenvalue weighted by Gasteiger charge is -2.30. The number of likely N-dealkylation sites (N-methyl/N-ethyl adjacent to an activating group) is 1. The van der Waals surface area contributed by atoms with E-state index in [-0.39, 0.29) is 0 Å². The van der Waals surface area contributed by atoms with Gasteiger partial charge in [-0.1, -0.05) is 6.07 Å². The molecule has 1 N–H and O–H groups in total. The van der Waals surface area contributed by atoms with Crippen molar-refractivity contribution in [1.29, 1.82) is 0 Å². The van der Waals surface area contributed by atoms with Crippen molar-refractivity contribution in [1.82, 2.24) is 4.90 Å². The highest BCUT2D eigenvalue weighted by Crippen LogP contribution is 2.29. The summed E-state index contributed by atoms with van der Waals surface area (Å²) < 4.78 is 5.13. The Bertz CT molecular complexity index is 338. The van der Waals surface area contributed by atoms with E-state index in [1.807, 2.05) is 30.1 Å². The predicted molar refractivity (Wildman–Crippen MR) is 54.3 cm³/mol. The second-order valence-corrected chi connectivity index (χ2v) is 3.67. The van der Waals surface area contributed by atoms with Crippen LogP contribution in [0.15, 0.2) is 18.2 Å². The standard InChI is InChI=1S/C11H15NO2/c1-12-6-5-8-3-4-9(14-2)7-10(8)11(12)13/h3-4,7,11,13H,5-6H2,1-2H3. The molecule has 1 atom stereocenters. The van der Waals surface area contributed by atoms with Crippen LogP contribution in [0.3, 0.4) is 0 Å². The van der Waals surface area contributed by atoms with Crippen molar-refractivity contribution in [2.75, 3.05) is 20.7 Å². The lowest BCUT2D eigenvalue weighted by molar-refractivity contribution is 0.0126. The smallest absolute Gasteiger partial charge is 0.133 e. The quantitative estimate of drug-likeness (QED) is 0.726. The van der Waals surface area contributed by atoms with Crippen LogP contribution >= 0.6 is 0 Å². The molecule has 0 bridgehead atoms. The van der Waals surface area contributed by atoms with Crippen LogP contribution in [0.5, 0.6) is 5.75 Å². The number of hydrogen-bond donors (Lipinski definition) is 1. The number of fused-ring (bicyclic) bond motifs is 1. The third kappa shape index (κ3) is 1.49. The molecule has 1 aliphatic rings. The van der Waals surface area contributed by atoms with E-state index in [1.54, 1.807) is 7.11 Å². The highest BCUT2D eigenvalue weighted by Gasteiger charge is 2.22. The van der Waals surface area contributed by atoms with Crippen LogP contribution in [-0.2, 0) is 6.42 Å². The summed E-state index contributed by atoms with van der Waals surface area (Å²) in [6, 6.07) is 5.89. The van der Waals surface area contributed by atoms with Gasteiger partial charge in [-0.15, -0.1) is 0 Å². The molecule has 0 amide bonds. The average molecular weight is 193 g/mol. The molecule has 0 saturated carbocycles. The Morgan fingerprint density at radius 1 is 1.50 bits per heavy atom. The fourth-order valence-electron chi connectivity index (χ4n) is 1.82. The molecule has 1 aromatic rings. The first-order chi connectivity index (χ1) is 6.72. The Morgan fingerprint density at radius 2 is 2.29 bits per heavy atom. The number of aliphatic hydroxyl groups is 1. The van der Waals surface area contributed by atoms with E-state index >= 15 is 0 Å². The zero-order valence-electron chi connectivity index (χ0n) is 8.53. The minimum Gasteiger partial charge on any atom is -0.497 e. The highest BCUT2D eigenvalue weighted by molar-refractivity contribution is 5.38. The van der Waals surface area contributed by atoms with Gasteiger partial charge in [0.15, 0.2) is 0 Å². The largest absolute Gasteiger partial charge is 0.497 e. The molecular formula is C11H15NO2. The van der Waals surface area contributed by atoms with E-state index in [0.29, 0.717) is 0 Å². The summed E-state index contributed by atoms with van der Waals surface area (Å²) >= 11 is 0. The Balaban J connectivity index is 2.41. The van der Waals surface area contributed by atoms with Gasteiger partial charge in [0.1, 0.15) is 12.0 Å². The van der Waals surface area contributed by atoms with Gasteiger partial charge < -0.3 is 9.84 Å². The topological polar surface area (TPSA) is 32.7 Å². The molecule has 2 rings (SSSR count). The van der Waals surface area contributed by atoms with Gasteiger partial charge in [0.05, 0.1) is 7.11 Å². The lowest BCUT2D eigenvalue weighted by atomic mass is 9.98. The molecule has 1 aliphatic heterocycles. The molecule has 3 heteroatoms. The average Bonchev–Trinajstić information content (AvgIpc) is 2.23. The van der Waals surface area contributed by atoms with Crippen LogP contribution in [0.4, 0.5) is 0 Å². The zero-order valence-corrected chi connectivity index (χ0v) is 8.53. The van der Waals surface area contributed by atoms with E-state index in [1.165, 1.54) is 5.56 Å². The summed E-state index contributed by atoms with van der Waals surface area (Å²) in [5.41, 5.74) is 2.19. The minimum absolute atomic E-state index is 0.492. The number of aliphatic hydroxyl groups excluding tert-OH is 1. The molecule has 1 unspecified atom stereocenters. The fraction of sp³-hybridized carbons (Fsp3) is 0.455. The van der Waals surface area contributed by atoms with Crippen LogP contribution in [0, 0.1) is 0 Å². The van der Waals surface area contributed by atoms with Gasteiger partial charge in [0, 0.05) is 12.1 Å². The van der Waals surface area contributed by atoms with E-state index < -0.39 is 6.23 Å². The van der Waals surface area contributed by atoms with Crippen LogP contribution < -0.4 is 4.74 Å². The SMILES string of the molecule is COc1ccc2c(c1)C(O)N(C)CC2. The monoisotopic (exact) mass is 193 g/mol. The number of methoxy groups -OCH3 is 1. The molecule has 0 spiro atoms. The van der Waals surface area contributed by atoms with Crippen molar-refractivity contribution < 1.29 is 9.84 Å². The fourth-order valence-corrected chi connectivity index (χ4v) is 1.82. The Labute approximate surface area is 83.9 Å². The summed E-state index contributed by atoms with van der Waals surface area (Å²) in [7, 11) is 3.56.